The Morgan fingerprint density at radius 1 is 1.39 bits per heavy atom. The number of rotatable bonds is 7. The third-order valence-electron chi connectivity index (χ3n) is 2.79. The lowest BCUT2D eigenvalue weighted by Gasteiger charge is -2.15. The van der Waals surface area contributed by atoms with E-state index in [1.807, 2.05) is 6.92 Å². The first-order valence-corrected chi connectivity index (χ1v) is 7.24. The quantitative estimate of drug-likeness (QED) is 0.712. The van der Waals surface area contributed by atoms with Gasteiger partial charge in [-0.1, -0.05) is 13.8 Å². The van der Waals surface area contributed by atoms with Gasteiger partial charge in [0.15, 0.2) is 0 Å². The highest BCUT2D eigenvalue weighted by atomic mass is 32.1. The Labute approximate surface area is 112 Å². The van der Waals surface area contributed by atoms with Crippen molar-refractivity contribution in [2.24, 2.45) is 0 Å². The zero-order valence-corrected chi connectivity index (χ0v) is 11.8. The molecule has 2 amide bonds. The molecule has 102 valence electrons. The molecule has 0 saturated heterocycles. The molecule has 1 aromatic heterocycles. The molecule has 1 aromatic rings. The molecule has 0 saturated carbocycles. The van der Waals surface area contributed by atoms with Crippen molar-refractivity contribution in [2.45, 2.75) is 45.7 Å². The summed E-state index contributed by atoms with van der Waals surface area (Å²) in [7, 11) is 0. The van der Waals surface area contributed by atoms with Crippen molar-refractivity contribution < 1.29 is 9.90 Å². The second kappa shape index (κ2) is 8.11. The molecular formula is C13H22N2O2S. The summed E-state index contributed by atoms with van der Waals surface area (Å²) in [6.45, 7) is 4.78. The van der Waals surface area contributed by atoms with Gasteiger partial charge in [0.25, 0.3) is 0 Å². The predicted molar refractivity (Wildman–Crippen MR) is 74.9 cm³/mol. The fourth-order valence-corrected chi connectivity index (χ4v) is 2.54. The number of thiophene rings is 1. The van der Waals surface area contributed by atoms with Crippen LogP contribution in [0.2, 0.25) is 0 Å². The third-order valence-corrected chi connectivity index (χ3v) is 4.02. The van der Waals surface area contributed by atoms with E-state index in [9.17, 15) is 4.79 Å². The van der Waals surface area contributed by atoms with Crippen LogP contribution in [0.1, 0.15) is 36.4 Å². The molecule has 0 aliphatic heterocycles. The van der Waals surface area contributed by atoms with Gasteiger partial charge in [-0.05, 0) is 31.4 Å². The number of amides is 2. The summed E-state index contributed by atoms with van der Waals surface area (Å²) >= 11 is 1.73. The van der Waals surface area contributed by atoms with Crippen molar-refractivity contribution in [3.8, 4) is 0 Å². The number of carbonyl (C=O) groups excluding carboxylic acids is 1. The van der Waals surface area contributed by atoms with Crippen molar-refractivity contribution in [1.82, 2.24) is 10.6 Å². The van der Waals surface area contributed by atoms with E-state index in [0.717, 1.165) is 17.7 Å². The van der Waals surface area contributed by atoms with E-state index in [-0.39, 0.29) is 18.7 Å². The molecule has 1 heterocycles. The van der Waals surface area contributed by atoms with E-state index in [4.69, 9.17) is 5.11 Å². The second-order valence-electron chi connectivity index (χ2n) is 4.17. The van der Waals surface area contributed by atoms with Gasteiger partial charge < -0.3 is 15.7 Å². The maximum atomic E-state index is 11.6. The van der Waals surface area contributed by atoms with Crippen LogP contribution in [0.5, 0.6) is 0 Å². The summed E-state index contributed by atoms with van der Waals surface area (Å²) in [5.41, 5.74) is 0. The summed E-state index contributed by atoms with van der Waals surface area (Å²) in [5, 5.41) is 14.5. The minimum Gasteiger partial charge on any atom is -0.396 e. The lowest BCUT2D eigenvalue weighted by Crippen LogP contribution is -2.41. The van der Waals surface area contributed by atoms with E-state index in [0.29, 0.717) is 13.0 Å². The number of carbonyl (C=O) groups is 1. The Morgan fingerprint density at radius 2 is 2.11 bits per heavy atom. The van der Waals surface area contributed by atoms with Crippen LogP contribution in [0, 0.1) is 0 Å². The molecule has 1 rings (SSSR count). The van der Waals surface area contributed by atoms with Gasteiger partial charge in [0.1, 0.15) is 0 Å². The van der Waals surface area contributed by atoms with Crippen LogP contribution in [0.4, 0.5) is 4.79 Å². The third kappa shape index (κ3) is 5.06. The van der Waals surface area contributed by atoms with Crippen molar-refractivity contribution in [3.63, 3.8) is 0 Å². The van der Waals surface area contributed by atoms with Gasteiger partial charge in [-0.15, -0.1) is 11.3 Å². The average Bonchev–Trinajstić information content (AvgIpc) is 2.83. The molecule has 18 heavy (non-hydrogen) atoms. The van der Waals surface area contributed by atoms with E-state index < -0.39 is 0 Å². The number of hydrogen-bond donors (Lipinski definition) is 3. The first kappa shape index (κ1) is 15.0. The smallest absolute Gasteiger partial charge is 0.315 e. The molecule has 0 aliphatic rings. The Morgan fingerprint density at radius 3 is 2.67 bits per heavy atom. The summed E-state index contributed by atoms with van der Waals surface area (Å²) in [4.78, 5) is 14.1. The lowest BCUT2D eigenvalue weighted by atomic mass is 10.2. The van der Waals surface area contributed by atoms with Gasteiger partial charge in [-0.25, -0.2) is 4.79 Å². The number of aliphatic hydroxyl groups is 1. The minimum atomic E-state index is -0.165. The van der Waals surface area contributed by atoms with Crippen molar-refractivity contribution >= 4 is 17.4 Å². The highest BCUT2D eigenvalue weighted by molar-refractivity contribution is 7.11. The summed E-state index contributed by atoms with van der Waals surface area (Å²) < 4.78 is 0. The van der Waals surface area contributed by atoms with E-state index in [2.05, 4.69) is 29.7 Å². The molecular weight excluding hydrogens is 248 g/mol. The Kier molecular flexibility index (Phi) is 6.75. The van der Waals surface area contributed by atoms with E-state index in [1.54, 1.807) is 11.3 Å². The topological polar surface area (TPSA) is 61.4 Å². The number of aliphatic hydroxyl groups excluding tert-OH is 1. The maximum absolute atomic E-state index is 11.6. The monoisotopic (exact) mass is 270 g/mol. The molecule has 0 aromatic carbocycles. The Bertz CT molecular complexity index is 366. The molecule has 0 aliphatic carbocycles. The van der Waals surface area contributed by atoms with Crippen molar-refractivity contribution in [3.05, 3.63) is 21.9 Å². The molecule has 1 unspecified atom stereocenters. The molecule has 1 atom stereocenters. The molecule has 4 nitrogen and oxygen atoms in total. The standard InChI is InChI=1S/C13H22N2O2S/c1-3-10(7-8-16)15-13(17)14-9-12-6-5-11(4-2)18-12/h5-6,10,16H,3-4,7-9H2,1-2H3,(H2,14,15,17). The number of urea groups is 1. The normalized spacial score (nSPS) is 12.2. The molecule has 0 spiro atoms. The molecule has 5 heteroatoms. The number of hydrogen-bond acceptors (Lipinski definition) is 3. The maximum Gasteiger partial charge on any atom is 0.315 e. The highest BCUT2D eigenvalue weighted by Crippen LogP contribution is 2.16. The lowest BCUT2D eigenvalue weighted by molar-refractivity contribution is 0.227. The van der Waals surface area contributed by atoms with Crippen LogP contribution in [-0.4, -0.2) is 23.8 Å². The van der Waals surface area contributed by atoms with E-state index >= 15 is 0 Å². The minimum absolute atomic E-state index is 0.0459. The molecule has 0 radical (unpaired) electrons. The number of nitrogens with one attached hydrogen (secondary N) is 2. The molecule has 0 bridgehead atoms. The van der Waals surface area contributed by atoms with Crippen molar-refractivity contribution in [2.75, 3.05) is 6.61 Å². The zero-order valence-electron chi connectivity index (χ0n) is 11.0. The summed E-state index contributed by atoms with van der Waals surface area (Å²) in [6, 6.07) is 4.03. The second-order valence-corrected chi connectivity index (χ2v) is 5.42. The first-order chi connectivity index (χ1) is 8.69. The predicted octanol–water partition coefficient (Wildman–Crippen LogP) is 2.27. The fraction of sp³-hybridized carbons (Fsp3) is 0.615. The average molecular weight is 270 g/mol. The van der Waals surface area contributed by atoms with Crippen LogP contribution < -0.4 is 10.6 Å². The van der Waals surface area contributed by atoms with Crippen LogP contribution in [0.25, 0.3) is 0 Å². The van der Waals surface area contributed by atoms with Crippen LogP contribution in [-0.2, 0) is 13.0 Å². The zero-order chi connectivity index (χ0) is 13.4. The van der Waals surface area contributed by atoms with Crippen LogP contribution in [0.15, 0.2) is 12.1 Å². The van der Waals surface area contributed by atoms with Crippen molar-refractivity contribution in [1.29, 1.82) is 0 Å². The highest BCUT2D eigenvalue weighted by Gasteiger charge is 2.09. The van der Waals surface area contributed by atoms with Gasteiger partial charge in [0.2, 0.25) is 0 Å². The van der Waals surface area contributed by atoms with Gasteiger partial charge in [-0.2, -0.15) is 0 Å². The van der Waals surface area contributed by atoms with Crippen LogP contribution in [0.3, 0.4) is 0 Å². The Hall–Kier alpha value is -1.07. The largest absolute Gasteiger partial charge is 0.396 e. The number of aryl methyl sites for hydroxylation is 1. The van der Waals surface area contributed by atoms with E-state index in [1.165, 1.54) is 4.88 Å². The molecule has 3 N–H and O–H groups in total. The fourth-order valence-electron chi connectivity index (χ4n) is 1.65. The summed E-state index contributed by atoms with van der Waals surface area (Å²) in [5.74, 6) is 0. The van der Waals surface area contributed by atoms with Crippen LogP contribution >= 0.6 is 11.3 Å². The summed E-state index contributed by atoms with van der Waals surface area (Å²) in [6.07, 6.45) is 2.46. The van der Waals surface area contributed by atoms with Gasteiger partial charge in [0, 0.05) is 22.4 Å². The van der Waals surface area contributed by atoms with Gasteiger partial charge in [-0.3, -0.25) is 0 Å². The van der Waals surface area contributed by atoms with Gasteiger partial charge >= 0.3 is 6.03 Å². The first-order valence-electron chi connectivity index (χ1n) is 6.42. The Balaban J connectivity index is 2.31. The SMILES string of the molecule is CCc1ccc(CNC(=O)NC(CC)CCO)s1. The van der Waals surface area contributed by atoms with Gasteiger partial charge in [0.05, 0.1) is 6.54 Å². The molecule has 0 fully saturated rings.